The third-order valence-corrected chi connectivity index (χ3v) is 2.12. The van der Waals surface area contributed by atoms with Crippen molar-refractivity contribution in [1.29, 1.82) is 0 Å². The quantitative estimate of drug-likeness (QED) is 0.768. The lowest BCUT2D eigenvalue weighted by atomic mass is 10.1. The molecule has 0 spiro atoms. The SMILES string of the molecule is Cc1ccc(CNC(C)CO)c(F)c1. The zero-order valence-electron chi connectivity index (χ0n) is 8.55. The van der Waals surface area contributed by atoms with E-state index >= 15 is 0 Å². The minimum atomic E-state index is -0.192. The maximum atomic E-state index is 13.3. The molecule has 2 N–H and O–H groups in total. The lowest BCUT2D eigenvalue weighted by Crippen LogP contribution is -2.28. The van der Waals surface area contributed by atoms with Crippen LogP contribution in [0.3, 0.4) is 0 Å². The van der Waals surface area contributed by atoms with Crippen molar-refractivity contribution < 1.29 is 9.50 Å². The predicted molar refractivity (Wildman–Crippen MR) is 54.5 cm³/mol. The Balaban J connectivity index is 2.59. The normalized spacial score (nSPS) is 12.9. The molecule has 78 valence electrons. The molecule has 1 atom stereocenters. The van der Waals surface area contributed by atoms with Gasteiger partial charge in [0.05, 0.1) is 6.61 Å². The smallest absolute Gasteiger partial charge is 0.127 e. The first-order valence-electron chi connectivity index (χ1n) is 4.72. The largest absolute Gasteiger partial charge is 0.395 e. The van der Waals surface area contributed by atoms with E-state index in [9.17, 15) is 4.39 Å². The molecule has 1 aromatic rings. The number of nitrogens with one attached hydrogen (secondary N) is 1. The molecule has 0 aliphatic heterocycles. The van der Waals surface area contributed by atoms with E-state index in [0.29, 0.717) is 12.1 Å². The van der Waals surface area contributed by atoms with Crippen LogP contribution in [0.25, 0.3) is 0 Å². The predicted octanol–water partition coefficient (Wildman–Crippen LogP) is 1.60. The van der Waals surface area contributed by atoms with Crippen LogP contribution in [0, 0.1) is 12.7 Å². The maximum Gasteiger partial charge on any atom is 0.127 e. The Bertz CT molecular complexity index is 301. The van der Waals surface area contributed by atoms with Gasteiger partial charge in [0.25, 0.3) is 0 Å². The Kier molecular flexibility index (Phi) is 4.04. The molecule has 0 saturated carbocycles. The average Bonchev–Trinajstić information content (AvgIpc) is 2.16. The number of hydrogen-bond acceptors (Lipinski definition) is 2. The second-order valence-electron chi connectivity index (χ2n) is 3.56. The molecular formula is C11H16FNO. The Labute approximate surface area is 83.8 Å². The van der Waals surface area contributed by atoms with Crippen molar-refractivity contribution >= 4 is 0 Å². The Morgan fingerprint density at radius 3 is 2.79 bits per heavy atom. The molecule has 0 bridgehead atoms. The molecule has 0 amide bonds. The second-order valence-corrected chi connectivity index (χ2v) is 3.56. The number of aryl methyl sites for hydroxylation is 1. The standard InChI is InChI=1S/C11H16FNO/c1-8-3-4-10(11(12)5-8)6-13-9(2)7-14/h3-5,9,13-14H,6-7H2,1-2H3. The number of rotatable bonds is 4. The minimum absolute atomic E-state index is 0.00398. The summed E-state index contributed by atoms with van der Waals surface area (Å²) in [6, 6.07) is 5.15. The highest BCUT2D eigenvalue weighted by atomic mass is 19.1. The van der Waals surface area contributed by atoms with Crippen molar-refractivity contribution in [2.45, 2.75) is 26.4 Å². The summed E-state index contributed by atoms with van der Waals surface area (Å²) in [5.74, 6) is -0.192. The molecule has 1 rings (SSSR count). The monoisotopic (exact) mass is 197 g/mol. The van der Waals surface area contributed by atoms with Gasteiger partial charge >= 0.3 is 0 Å². The van der Waals surface area contributed by atoms with Gasteiger partial charge in [0.15, 0.2) is 0 Å². The van der Waals surface area contributed by atoms with Gasteiger partial charge in [-0.3, -0.25) is 0 Å². The van der Waals surface area contributed by atoms with Crippen LogP contribution < -0.4 is 5.32 Å². The van der Waals surface area contributed by atoms with E-state index in [-0.39, 0.29) is 18.5 Å². The van der Waals surface area contributed by atoms with Crippen LogP contribution in [0.4, 0.5) is 4.39 Å². The Morgan fingerprint density at radius 2 is 2.21 bits per heavy atom. The highest BCUT2D eigenvalue weighted by Crippen LogP contribution is 2.09. The first-order valence-corrected chi connectivity index (χ1v) is 4.72. The fourth-order valence-electron chi connectivity index (χ4n) is 1.14. The highest BCUT2D eigenvalue weighted by molar-refractivity contribution is 5.23. The molecule has 0 heterocycles. The van der Waals surface area contributed by atoms with Crippen LogP contribution in [-0.4, -0.2) is 17.8 Å². The lowest BCUT2D eigenvalue weighted by Gasteiger charge is -2.11. The molecule has 14 heavy (non-hydrogen) atoms. The molecule has 0 radical (unpaired) electrons. The van der Waals surface area contributed by atoms with Crippen LogP contribution >= 0.6 is 0 Å². The van der Waals surface area contributed by atoms with Gasteiger partial charge < -0.3 is 10.4 Å². The molecule has 1 aromatic carbocycles. The summed E-state index contributed by atoms with van der Waals surface area (Å²) in [6.07, 6.45) is 0. The van der Waals surface area contributed by atoms with Crippen molar-refractivity contribution in [3.05, 3.63) is 35.1 Å². The third-order valence-electron chi connectivity index (χ3n) is 2.12. The molecule has 0 aromatic heterocycles. The lowest BCUT2D eigenvalue weighted by molar-refractivity contribution is 0.250. The van der Waals surface area contributed by atoms with E-state index in [4.69, 9.17) is 5.11 Å². The van der Waals surface area contributed by atoms with Crippen molar-refractivity contribution in [2.75, 3.05) is 6.61 Å². The number of aliphatic hydroxyl groups excluding tert-OH is 1. The van der Waals surface area contributed by atoms with E-state index in [1.54, 1.807) is 6.07 Å². The van der Waals surface area contributed by atoms with Gasteiger partial charge in [0, 0.05) is 18.2 Å². The van der Waals surface area contributed by atoms with Crippen molar-refractivity contribution in [1.82, 2.24) is 5.32 Å². The molecule has 2 nitrogen and oxygen atoms in total. The fraction of sp³-hybridized carbons (Fsp3) is 0.455. The molecule has 1 unspecified atom stereocenters. The Morgan fingerprint density at radius 1 is 1.50 bits per heavy atom. The van der Waals surface area contributed by atoms with Gasteiger partial charge in [-0.2, -0.15) is 0 Å². The highest BCUT2D eigenvalue weighted by Gasteiger charge is 2.03. The summed E-state index contributed by atoms with van der Waals surface area (Å²) in [5.41, 5.74) is 1.55. The summed E-state index contributed by atoms with van der Waals surface area (Å²) < 4.78 is 13.3. The zero-order chi connectivity index (χ0) is 10.6. The number of hydrogen-bond donors (Lipinski definition) is 2. The van der Waals surface area contributed by atoms with Gasteiger partial charge in [-0.15, -0.1) is 0 Å². The summed E-state index contributed by atoms with van der Waals surface area (Å²) >= 11 is 0. The van der Waals surface area contributed by atoms with E-state index < -0.39 is 0 Å². The zero-order valence-corrected chi connectivity index (χ0v) is 8.55. The molecular weight excluding hydrogens is 181 g/mol. The molecule has 0 aliphatic rings. The van der Waals surface area contributed by atoms with Crippen LogP contribution in [0.2, 0.25) is 0 Å². The molecule has 0 saturated heterocycles. The topological polar surface area (TPSA) is 32.3 Å². The summed E-state index contributed by atoms with van der Waals surface area (Å²) in [4.78, 5) is 0. The van der Waals surface area contributed by atoms with E-state index in [2.05, 4.69) is 5.32 Å². The van der Waals surface area contributed by atoms with Crippen molar-refractivity contribution in [2.24, 2.45) is 0 Å². The maximum absolute atomic E-state index is 13.3. The van der Waals surface area contributed by atoms with Gasteiger partial charge in [-0.1, -0.05) is 12.1 Å². The summed E-state index contributed by atoms with van der Waals surface area (Å²) in [5, 5.41) is 11.8. The van der Waals surface area contributed by atoms with Crippen LogP contribution in [0.1, 0.15) is 18.1 Å². The first-order chi connectivity index (χ1) is 6.63. The third kappa shape index (κ3) is 3.09. The van der Waals surface area contributed by atoms with Crippen LogP contribution in [0.5, 0.6) is 0 Å². The minimum Gasteiger partial charge on any atom is -0.395 e. The van der Waals surface area contributed by atoms with Crippen molar-refractivity contribution in [3.63, 3.8) is 0 Å². The average molecular weight is 197 g/mol. The molecule has 0 fully saturated rings. The van der Waals surface area contributed by atoms with Crippen LogP contribution in [-0.2, 0) is 6.54 Å². The number of aliphatic hydroxyl groups is 1. The van der Waals surface area contributed by atoms with Gasteiger partial charge in [-0.05, 0) is 25.5 Å². The van der Waals surface area contributed by atoms with E-state index in [1.165, 1.54) is 6.07 Å². The van der Waals surface area contributed by atoms with Gasteiger partial charge in [0.2, 0.25) is 0 Å². The fourth-order valence-corrected chi connectivity index (χ4v) is 1.14. The molecule has 3 heteroatoms. The summed E-state index contributed by atoms with van der Waals surface area (Å²) in [6.45, 7) is 4.23. The van der Waals surface area contributed by atoms with E-state index in [0.717, 1.165) is 5.56 Å². The number of benzene rings is 1. The van der Waals surface area contributed by atoms with Crippen molar-refractivity contribution in [3.8, 4) is 0 Å². The van der Waals surface area contributed by atoms with Gasteiger partial charge in [-0.25, -0.2) is 4.39 Å². The summed E-state index contributed by atoms with van der Waals surface area (Å²) in [7, 11) is 0. The van der Waals surface area contributed by atoms with Crippen LogP contribution in [0.15, 0.2) is 18.2 Å². The molecule has 0 aliphatic carbocycles. The second kappa shape index (κ2) is 5.08. The number of halogens is 1. The van der Waals surface area contributed by atoms with Gasteiger partial charge in [0.1, 0.15) is 5.82 Å². The van der Waals surface area contributed by atoms with E-state index in [1.807, 2.05) is 19.9 Å². The first kappa shape index (κ1) is 11.1. The Hall–Kier alpha value is -0.930.